The Kier molecular flexibility index (Phi) is 10.00. The molecule has 0 aliphatic heterocycles. The molecule has 9 heteroatoms. The number of fused-ring (bicyclic) bond motifs is 6. The van der Waals surface area contributed by atoms with E-state index in [1.54, 1.807) is 0 Å². The summed E-state index contributed by atoms with van der Waals surface area (Å²) in [5.41, 5.74) is 13.4. The summed E-state index contributed by atoms with van der Waals surface area (Å²) in [4.78, 5) is 26.5. The molecule has 0 N–H and O–H groups in total. The maximum Gasteiger partial charge on any atom is 0.267 e. The zero-order valence-corrected chi connectivity index (χ0v) is 37.8. The number of hydrogen-bond donors (Lipinski definition) is 0. The second-order valence-corrected chi connectivity index (χ2v) is 17.2. The second-order valence-electron chi connectivity index (χ2n) is 17.2. The van der Waals surface area contributed by atoms with Crippen LogP contribution >= 0.6 is 0 Å². The van der Waals surface area contributed by atoms with E-state index in [-0.39, 0.29) is 17.3 Å². The summed E-state index contributed by atoms with van der Waals surface area (Å²) in [6, 6.07) is 75.3. The Morgan fingerprint density at radius 1 is 0.338 bits per heavy atom. The van der Waals surface area contributed by atoms with Gasteiger partial charge in [0.25, 0.3) is 5.89 Å². The molecule has 0 unspecified atom stereocenters. The minimum absolute atomic E-state index is 0.132. The number of hydrogen-bond acceptors (Lipinski definition) is 9. The van der Waals surface area contributed by atoms with E-state index in [0.29, 0.717) is 55.6 Å². The van der Waals surface area contributed by atoms with E-state index in [2.05, 4.69) is 72.8 Å². The Labute approximate surface area is 407 Å². The van der Waals surface area contributed by atoms with Crippen LogP contribution in [0.2, 0.25) is 0 Å². The van der Waals surface area contributed by atoms with Crippen molar-refractivity contribution < 1.29 is 4.42 Å². The molecule has 71 heavy (non-hydrogen) atoms. The zero-order valence-electron chi connectivity index (χ0n) is 37.8. The van der Waals surface area contributed by atoms with Crippen molar-refractivity contribution in [1.82, 2.24) is 35.1 Å². The summed E-state index contributed by atoms with van der Waals surface area (Å²) < 4.78 is 6.86. The lowest BCUT2D eigenvalue weighted by atomic mass is 9.93. The molecule has 330 valence electrons. The van der Waals surface area contributed by atoms with E-state index in [0.717, 1.165) is 66.7 Å². The Morgan fingerprint density at radius 2 is 0.746 bits per heavy atom. The van der Waals surface area contributed by atoms with Crippen molar-refractivity contribution in [2.45, 2.75) is 0 Å². The topological polar surface area (TPSA) is 127 Å². The number of nitrogens with zero attached hydrogens (tertiary/aromatic N) is 8. The molecule has 0 atom stereocenters. The van der Waals surface area contributed by atoms with Gasteiger partial charge in [-0.25, -0.2) is 24.9 Å². The van der Waals surface area contributed by atoms with Crippen LogP contribution in [0.1, 0.15) is 5.56 Å². The van der Waals surface area contributed by atoms with E-state index in [9.17, 15) is 5.26 Å². The highest BCUT2D eigenvalue weighted by Gasteiger charge is 2.27. The molecule has 0 aliphatic carbocycles. The first-order valence-corrected chi connectivity index (χ1v) is 23.2. The first kappa shape index (κ1) is 41.2. The highest BCUT2D eigenvalue weighted by molar-refractivity contribution is 6.15. The van der Waals surface area contributed by atoms with Gasteiger partial charge in [0, 0.05) is 43.8 Å². The monoisotopic (exact) mass is 908 g/mol. The van der Waals surface area contributed by atoms with Crippen molar-refractivity contribution in [3.8, 4) is 96.5 Å². The van der Waals surface area contributed by atoms with E-state index < -0.39 is 0 Å². The number of rotatable bonds is 8. The van der Waals surface area contributed by atoms with Crippen LogP contribution in [0.4, 0.5) is 0 Å². The summed E-state index contributed by atoms with van der Waals surface area (Å²) >= 11 is 0. The zero-order chi connectivity index (χ0) is 47.3. The van der Waals surface area contributed by atoms with Crippen molar-refractivity contribution in [3.63, 3.8) is 0 Å². The predicted molar refractivity (Wildman–Crippen MR) is 282 cm³/mol. The van der Waals surface area contributed by atoms with Crippen LogP contribution in [0.5, 0.6) is 0 Å². The van der Waals surface area contributed by atoms with Crippen LogP contribution < -0.4 is 0 Å². The summed E-state index contributed by atoms with van der Waals surface area (Å²) in [5, 5.41) is 23.8. The molecule has 0 aliphatic rings. The molecule has 0 amide bonds. The molecule has 5 aromatic heterocycles. The SMILES string of the molecule is N#Cc1c(-c2ccccc2)nc2c(ccc3c(-c4ccccc4)cc(-c4ccccc4)nc32)c1-c1nnc(-c2nc(-c3ccccc3)nc3c2ccc2c(-c4ccccc4)cc(-c4ccccc4)nc23)o1. The maximum atomic E-state index is 11.2. The summed E-state index contributed by atoms with van der Waals surface area (Å²) in [6.07, 6.45) is 0. The van der Waals surface area contributed by atoms with Crippen LogP contribution in [0, 0.1) is 11.3 Å². The molecule has 0 fully saturated rings. The predicted octanol–water partition coefficient (Wildman–Crippen LogP) is 14.9. The molecular weight excluding hydrogens is 873 g/mol. The fraction of sp³-hybridized carbons (Fsp3) is 0. The number of pyridine rings is 3. The Hall–Kier alpha value is -10.0. The van der Waals surface area contributed by atoms with E-state index in [4.69, 9.17) is 39.5 Å². The average molecular weight is 909 g/mol. The van der Waals surface area contributed by atoms with Crippen molar-refractivity contribution in [2.75, 3.05) is 0 Å². The minimum atomic E-state index is 0.132. The third kappa shape index (κ3) is 7.23. The van der Waals surface area contributed by atoms with Crippen LogP contribution in [0.25, 0.3) is 134 Å². The first-order valence-electron chi connectivity index (χ1n) is 23.2. The van der Waals surface area contributed by atoms with Crippen molar-refractivity contribution in [2.24, 2.45) is 0 Å². The van der Waals surface area contributed by atoms with Gasteiger partial charge in [-0.15, -0.1) is 10.2 Å². The molecule has 0 radical (unpaired) electrons. The fourth-order valence-electron chi connectivity index (χ4n) is 9.55. The molecule has 13 aromatic rings. The third-order valence-electron chi connectivity index (χ3n) is 12.9. The molecular formula is C62H36N8O. The molecule has 0 spiro atoms. The normalized spacial score (nSPS) is 11.4. The van der Waals surface area contributed by atoms with Crippen LogP contribution in [-0.4, -0.2) is 35.1 Å². The molecule has 0 saturated heterocycles. The minimum Gasteiger partial charge on any atom is -0.414 e. The summed E-state index contributed by atoms with van der Waals surface area (Å²) in [7, 11) is 0. The van der Waals surface area contributed by atoms with Crippen LogP contribution in [-0.2, 0) is 0 Å². The summed E-state index contributed by atoms with van der Waals surface area (Å²) in [5.74, 6) is 0.749. The molecule has 13 rings (SSSR count). The number of aromatic nitrogens is 7. The highest BCUT2D eigenvalue weighted by atomic mass is 16.4. The molecule has 9 nitrogen and oxygen atoms in total. The lowest BCUT2D eigenvalue weighted by Crippen LogP contribution is -1.99. The lowest BCUT2D eigenvalue weighted by molar-refractivity contribution is 0.583. The Morgan fingerprint density at radius 3 is 1.25 bits per heavy atom. The van der Waals surface area contributed by atoms with Gasteiger partial charge in [-0.05, 0) is 40.5 Å². The fourth-order valence-corrected chi connectivity index (χ4v) is 9.55. The Balaban J connectivity index is 1.08. The van der Waals surface area contributed by atoms with Gasteiger partial charge in [0.15, 0.2) is 5.82 Å². The van der Waals surface area contributed by atoms with Gasteiger partial charge in [-0.1, -0.05) is 200 Å². The van der Waals surface area contributed by atoms with Gasteiger partial charge in [0.1, 0.15) is 17.3 Å². The van der Waals surface area contributed by atoms with Gasteiger partial charge >= 0.3 is 0 Å². The van der Waals surface area contributed by atoms with Crippen LogP contribution in [0.3, 0.4) is 0 Å². The highest BCUT2D eigenvalue weighted by Crippen LogP contribution is 2.43. The molecule has 8 aromatic carbocycles. The van der Waals surface area contributed by atoms with E-state index in [1.165, 1.54) is 0 Å². The second kappa shape index (κ2) is 17.2. The number of benzene rings is 8. The Bertz CT molecular complexity index is 4200. The van der Waals surface area contributed by atoms with Gasteiger partial charge in [-0.3, -0.25) is 0 Å². The first-order chi connectivity index (χ1) is 35.2. The molecule has 0 bridgehead atoms. The largest absolute Gasteiger partial charge is 0.414 e. The third-order valence-corrected chi connectivity index (χ3v) is 12.9. The van der Waals surface area contributed by atoms with E-state index >= 15 is 0 Å². The quantitative estimate of drug-likeness (QED) is 0.137. The van der Waals surface area contributed by atoms with Crippen molar-refractivity contribution in [1.29, 1.82) is 5.26 Å². The standard InChI is InChI=1S/C62H36N8O/c63-37-50-53(46-33-31-44-48(38-19-7-1-8-20-38)35-51(40-23-11-3-12-24-40)64-55(44)57(46)66-54(50)42-27-15-5-16-28-42)61-69-70-62(71-61)59-47-34-32-45-49(39-21-9-2-10-22-39)36-52(41-25-13-4-14-26-41)65-56(45)58(47)67-60(68-59)43-29-17-6-18-30-43/h1-36H. The van der Waals surface area contributed by atoms with Gasteiger partial charge in [-0.2, -0.15) is 5.26 Å². The van der Waals surface area contributed by atoms with Gasteiger partial charge < -0.3 is 4.42 Å². The van der Waals surface area contributed by atoms with Gasteiger partial charge in [0.2, 0.25) is 5.89 Å². The van der Waals surface area contributed by atoms with Gasteiger partial charge in [0.05, 0.1) is 44.8 Å². The van der Waals surface area contributed by atoms with E-state index in [1.807, 2.05) is 152 Å². The molecule has 0 saturated carbocycles. The molecule has 5 heterocycles. The maximum absolute atomic E-state index is 11.2. The summed E-state index contributed by atoms with van der Waals surface area (Å²) in [6.45, 7) is 0. The lowest BCUT2D eigenvalue weighted by Gasteiger charge is -2.15. The average Bonchev–Trinajstić information content (AvgIpc) is 3.95. The van der Waals surface area contributed by atoms with Crippen LogP contribution in [0.15, 0.2) is 223 Å². The smallest absolute Gasteiger partial charge is 0.267 e. The number of nitriles is 1. The van der Waals surface area contributed by atoms with Crippen molar-refractivity contribution >= 4 is 43.6 Å². The van der Waals surface area contributed by atoms with Crippen molar-refractivity contribution in [3.05, 3.63) is 224 Å².